The molecule has 0 saturated carbocycles. The van der Waals surface area contributed by atoms with Crippen LogP contribution in [0.15, 0.2) is 58.2 Å². The smallest absolute Gasteiger partial charge is 0.341 e. The number of thioether (sulfide) groups is 1. The van der Waals surface area contributed by atoms with Crippen LogP contribution in [0.1, 0.15) is 27.4 Å². The van der Waals surface area contributed by atoms with Crippen molar-refractivity contribution in [2.45, 2.75) is 17.7 Å². The Morgan fingerprint density at radius 3 is 2.90 bits per heavy atom. The maximum atomic E-state index is 12.4. The lowest BCUT2D eigenvalue weighted by Crippen LogP contribution is -2.21. The maximum Gasteiger partial charge on any atom is 0.341 e. The number of nitrogens with zero attached hydrogens (tertiary/aromatic N) is 3. The number of aromatic nitrogens is 2. The highest BCUT2D eigenvalue weighted by molar-refractivity contribution is 7.98. The molecule has 2 heterocycles. The molecule has 0 saturated heterocycles. The van der Waals surface area contributed by atoms with Gasteiger partial charge in [0.1, 0.15) is 10.8 Å². The van der Waals surface area contributed by atoms with Gasteiger partial charge in [-0.15, -0.1) is 0 Å². The van der Waals surface area contributed by atoms with Gasteiger partial charge in [-0.3, -0.25) is 4.79 Å². The Bertz CT molecular complexity index is 1070. The van der Waals surface area contributed by atoms with Gasteiger partial charge in [0.2, 0.25) is 0 Å². The Hall–Kier alpha value is -3.64. The summed E-state index contributed by atoms with van der Waals surface area (Å²) in [6.45, 7) is 1.34. The van der Waals surface area contributed by atoms with Crippen molar-refractivity contribution in [3.63, 3.8) is 0 Å². The third kappa shape index (κ3) is 5.67. The van der Waals surface area contributed by atoms with Crippen LogP contribution >= 0.6 is 11.8 Å². The van der Waals surface area contributed by atoms with E-state index >= 15 is 0 Å². The number of benzene rings is 1. The summed E-state index contributed by atoms with van der Waals surface area (Å²) >= 11 is 1.32. The Morgan fingerprint density at radius 2 is 2.14 bits per heavy atom. The van der Waals surface area contributed by atoms with Gasteiger partial charge < -0.3 is 14.6 Å². The number of pyridine rings is 1. The van der Waals surface area contributed by atoms with E-state index in [0.29, 0.717) is 27.8 Å². The fourth-order valence-corrected chi connectivity index (χ4v) is 3.22. The number of ether oxygens (including phenoxy) is 1. The number of amides is 1. The molecule has 1 amide bonds. The molecule has 0 atom stereocenters. The summed E-state index contributed by atoms with van der Waals surface area (Å²) in [4.78, 5) is 28.6. The standard InChI is InChI=1S/C20H16N4O4S/c1-13-8-16(24-28-13)12-29-19-17(6-3-7-22-19)20(26)27-11-18(25)23-15-5-2-4-14(9-15)10-21/h2-9H,11-12H2,1H3,(H,23,25). The first-order valence-corrected chi connectivity index (χ1v) is 9.51. The highest BCUT2D eigenvalue weighted by atomic mass is 32.2. The van der Waals surface area contributed by atoms with Crippen molar-refractivity contribution in [1.29, 1.82) is 5.26 Å². The van der Waals surface area contributed by atoms with E-state index in [4.69, 9.17) is 14.5 Å². The van der Waals surface area contributed by atoms with E-state index in [1.165, 1.54) is 17.8 Å². The van der Waals surface area contributed by atoms with E-state index in [1.807, 2.05) is 6.07 Å². The van der Waals surface area contributed by atoms with Crippen molar-refractivity contribution in [3.8, 4) is 6.07 Å². The molecule has 0 unspecified atom stereocenters. The van der Waals surface area contributed by atoms with Crippen LogP contribution in [0.4, 0.5) is 5.69 Å². The second kappa shape index (κ2) is 9.52. The number of hydrogen-bond donors (Lipinski definition) is 1. The molecular formula is C20H16N4O4S. The van der Waals surface area contributed by atoms with Crippen LogP contribution in [-0.2, 0) is 15.3 Å². The van der Waals surface area contributed by atoms with Crippen LogP contribution in [0.5, 0.6) is 0 Å². The molecule has 0 fully saturated rings. The second-order valence-corrected chi connectivity index (χ2v) is 6.85. The molecule has 3 rings (SSSR count). The molecule has 1 N–H and O–H groups in total. The molecule has 0 aliphatic carbocycles. The van der Waals surface area contributed by atoms with Crippen LogP contribution in [0.3, 0.4) is 0 Å². The van der Waals surface area contributed by atoms with Crippen LogP contribution < -0.4 is 5.32 Å². The van der Waals surface area contributed by atoms with Gasteiger partial charge in [0.25, 0.3) is 5.91 Å². The van der Waals surface area contributed by atoms with Gasteiger partial charge in [0.15, 0.2) is 6.61 Å². The first-order chi connectivity index (χ1) is 14.0. The average Bonchev–Trinajstić information content (AvgIpc) is 3.16. The van der Waals surface area contributed by atoms with Crippen molar-refractivity contribution < 1.29 is 18.8 Å². The molecule has 0 bridgehead atoms. The number of carbonyl (C=O) groups excluding carboxylic acids is 2. The second-order valence-electron chi connectivity index (χ2n) is 5.89. The van der Waals surface area contributed by atoms with E-state index in [0.717, 1.165) is 5.69 Å². The van der Waals surface area contributed by atoms with E-state index in [2.05, 4.69) is 15.5 Å². The summed E-state index contributed by atoms with van der Waals surface area (Å²) in [5.41, 5.74) is 1.86. The highest BCUT2D eigenvalue weighted by Gasteiger charge is 2.16. The first kappa shape index (κ1) is 20.1. The topological polar surface area (TPSA) is 118 Å². The van der Waals surface area contributed by atoms with Crippen LogP contribution in [-0.4, -0.2) is 28.6 Å². The number of nitrogens with one attached hydrogen (secondary N) is 1. The summed E-state index contributed by atoms with van der Waals surface area (Å²) in [5, 5.41) is 15.8. The molecule has 8 nitrogen and oxygen atoms in total. The monoisotopic (exact) mass is 408 g/mol. The molecule has 3 aromatic rings. The Morgan fingerprint density at radius 1 is 1.28 bits per heavy atom. The number of hydrogen-bond acceptors (Lipinski definition) is 8. The molecule has 0 radical (unpaired) electrons. The van der Waals surface area contributed by atoms with Gasteiger partial charge in [-0.1, -0.05) is 23.0 Å². The average molecular weight is 408 g/mol. The molecule has 29 heavy (non-hydrogen) atoms. The van der Waals surface area contributed by atoms with Crippen LogP contribution in [0.25, 0.3) is 0 Å². The lowest BCUT2D eigenvalue weighted by Gasteiger charge is -2.09. The number of anilines is 1. The minimum Gasteiger partial charge on any atom is -0.452 e. The number of nitriles is 1. The maximum absolute atomic E-state index is 12.4. The van der Waals surface area contributed by atoms with Gasteiger partial charge in [0, 0.05) is 23.7 Å². The fraction of sp³-hybridized carbons (Fsp3) is 0.150. The first-order valence-electron chi connectivity index (χ1n) is 8.52. The van der Waals surface area contributed by atoms with E-state index in [9.17, 15) is 9.59 Å². The van der Waals surface area contributed by atoms with Gasteiger partial charge in [0.05, 0.1) is 22.9 Å². The lowest BCUT2D eigenvalue weighted by atomic mass is 10.2. The molecule has 2 aromatic heterocycles. The van der Waals surface area contributed by atoms with E-state index in [1.54, 1.807) is 49.5 Å². The SMILES string of the molecule is Cc1cc(CSc2ncccc2C(=O)OCC(=O)Nc2cccc(C#N)c2)no1. The van der Waals surface area contributed by atoms with Crippen LogP contribution in [0, 0.1) is 18.3 Å². The van der Waals surface area contributed by atoms with Crippen molar-refractivity contribution in [2.75, 3.05) is 11.9 Å². The molecule has 9 heteroatoms. The summed E-state index contributed by atoms with van der Waals surface area (Å²) in [6.07, 6.45) is 1.57. The zero-order valence-electron chi connectivity index (χ0n) is 15.4. The van der Waals surface area contributed by atoms with Crippen molar-refractivity contribution in [1.82, 2.24) is 10.1 Å². The minimum absolute atomic E-state index is 0.261. The Balaban J connectivity index is 1.57. The quantitative estimate of drug-likeness (QED) is 0.467. The van der Waals surface area contributed by atoms with E-state index < -0.39 is 18.5 Å². The Kier molecular flexibility index (Phi) is 6.60. The normalized spacial score (nSPS) is 10.2. The Labute approximate surface area is 170 Å². The molecule has 0 aliphatic rings. The zero-order chi connectivity index (χ0) is 20.6. The third-order valence-electron chi connectivity index (χ3n) is 3.63. The third-order valence-corrected chi connectivity index (χ3v) is 4.67. The molecular weight excluding hydrogens is 392 g/mol. The summed E-state index contributed by atoms with van der Waals surface area (Å²) in [7, 11) is 0. The number of rotatable bonds is 7. The number of carbonyl (C=O) groups is 2. The van der Waals surface area contributed by atoms with E-state index in [-0.39, 0.29) is 5.56 Å². The van der Waals surface area contributed by atoms with Gasteiger partial charge >= 0.3 is 5.97 Å². The lowest BCUT2D eigenvalue weighted by molar-refractivity contribution is -0.119. The minimum atomic E-state index is -0.655. The van der Waals surface area contributed by atoms with Gasteiger partial charge in [-0.05, 0) is 37.3 Å². The van der Waals surface area contributed by atoms with Crippen molar-refractivity contribution in [3.05, 3.63) is 71.2 Å². The highest BCUT2D eigenvalue weighted by Crippen LogP contribution is 2.24. The number of esters is 1. The van der Waals surface area contributed by atoms with Crippen LogP contribution in [0.2, 0.25) is 0 Å². The van der Waals surface area contributed by atoms with Gasteiger partial charge in [-0.2, -0.15) is 5.26 Å². The summed E-state index contributed by atoms with van der Waals surface area (Å²) in [6, 6.07) is 13.4. The summed E-state index contributed by atoms with van der Waals surface area (Å²) in [5.74, 6) is 0.0136. The zero-order valence-corrected chi connectivity index (χ0v) is 16.2. The fourth-order valence-electron chi connectivity index (χ4n) is 2.36. The number of aryl methyl sites for hydroxylation is 1. The largest absolute Gasteiger partial charge is 0.452 e. The molecule has 0 spiro atoms. The molecule has 1 aromatic carbocycles. The van der Waals surface area contributed by atoms with Crippen molar-refractivity contribution in [2.24, 2.45) is 0 Å². The summed E-state index contributed by atoms with van der Waals surface area (Å²) < 4.78 is 10.1. The van der Waals surface area contributed by atoms with Crippen molar-refractivity contribution >= 4 is 29.3 Å². The predicted molar refractivity (Wildman–Crippen MR) is 105 cm³/mol. The van der Waals surface area contributed by atoms with Gasteiger partial charge in [-0.25, -0.2) is 9.78 Å². The molecule has 146 valence electrons. The predicted octanol–water partition coefficient (Wildman–Crippen LogP) is 3.34. The molecule has 0 aliphatic heterocycles.